The van der Waals surface area contributed by atoms with Crippen molar-refractivity contribution < 1.29 is 9.53 Å². The quantitative estimate of drug-likeness (QED) is 0.865. The zero-order chi connectivity index (χ0) is 16.2. The van der Waals surface area contributed by atoms with Crippen LogP contribution in [0.3, 0.4) is 0 Å². The van der Waals surface area contributed by atoms with Gasteiger partial charge in [-0.2, -0.15) is 0 Å². The molecule has 1 aliphatic heterocycles. The Balaban J connectivity index is 1.64. The van der Waals surface area contributed by atoms with Crippen LogP contribution in [0.4, 0.5) is 5.82 Å². The van der Waals surface area contributed by atoms with Gasteiger partial charge in [0.05, 0.1) is 7.11 Å². The van der Waals surface area contributed by atoms with Crippen LogP contribution in [0.15, 0.2) is 12.3 Å². The van der Waals surface area contributed by atoms with Crippen LogP contribution in [0.5, 0.6) is 0 Å². The molecule has 23 heavy (non-hydrogen) atoms. The molecule has 2 fully saturated rings. The average Bonchev–Trinajstić information content (AvgIpc) is 3.08. The van der Waals surface area contributed by atoms with Crippen LogP contribution in [0.1, 0.15) is 54.4 Å². The van der Waals surface area contributed by atoms with Gasteiger partial charge in [0.25, 0.3) is 0 Å². The van der Waals surface area contributed by atoms with Crippen LogP contribution >= 0.6 is 0 Å². The van der Waals surface area contributed by atoms with Crippen molar-refractivity contribution in [3.8, 4) is 0 Å². The maximum atomic E-state index is 12.0. The third kappa shape index (κ3) is 3.83. The van der Waals surface area contributed by atoms with Crippen molar-refractivity contribution >= 4 is 11.8 Å². The van der Waals surface area contributed by atoms with Gasteiger partial charge >= 0.3 is 5.97 Å². The molecule has 126 valence electrons. The van der Waals surface area contributed by atoms with E-state index in [1.54, 1.807) is 0 Å². The number of piperidine rings is 1. The Kier molecular flexibility index (Phi) is 5.16. The van der Waals surface area contributed by atoms with Crippen LogP contribution in [0.2, 0.25) is 0 Å². The van der Waals surface area contributed by atoms with Crippen LogP contribution in [0, 0.1) is 6.92 Å². The Morgan fingerprint density at radius 1 is 1.22 bits per heavy atom. The maximum absolute atomic E-state index is 12.0. The van der Waals surface area contributed by atoms with Gasteiger partial charge < -0.3 is 15.0 Å². The molecule has 0 unspecified atom stereocenters. The number of carbonyl (C=O) groups excluding carboxylic acids is 1. The van der Waals surface area contributed by atoms with Crippen LogP contribution < -0.4 is 10.2 Å². The van der Waals surface area contributed by atoms with Crippen LogP contribution in [0.25, 0.3) is 0 Å². The predicted octanol–water partition coefficient (Wildman–Crippen LogP) is 2.68. The SMILES string of the molecule is COC(=O)c1cc(C)cnc1N1CCC(NC2CCCC2)CC1. The van der Waals surface area contributed by atoms with Crippen molar-refractivity contribution in [2.75, 3.05) is 25.1 Å². The lowest BCUT2D eigenvalue weighted by atomic mass is 10.0. The zero-order valence-corrected chi connectivity index (χ0v) is 14.2. The normalized spacial score (nSPS) is 20.0. The van der Waals surface area contributed by atoms with E-state index in [1.807, 2.05) is 19.2 Å². The topological polar surface area (TPSA) is 54.5 Å². The lowest BCUT2D eigenvalue weighted by Gasteiger charge is -2.35. The Labute approximate surface area is 138 Å². The smallest absolute Gasteiger partial charge is 0.341 e. The Bertz CT molecular complexity index is 547. The fraction of sp³-hybridized carbons (Fsp3) is 0.667. The summed E-state index contributed by atoms with van der Waals surface area (Å²) in [5.41, 5.74) is 1.56. The molecule has 1 aromatic heterocycles. The Morgan fingerprint density at radius 3 is 2.52 bits per heavy atom. The minimum atomic E-state index is -0.303. The number of ether oxygens (including phenoxy) is 1. The van der Waals surface area contributed by atoms with Crippen molar-refractivity contribution in [3.63, 3.8) is 0 Å². The zero-order valence-electron chi connectivity index (χ0n) is 14.2. The molecule has 1 N–H and O–H groups in total. The summed E-state index contributed by atoms with van der Waals surface area (Å²) in [4.78, 5) is 18.7. The number of carbonyl (C=O) groups is 1. The second-order valence-corrected chi connectivity index (χ2v) is 6.78. The van der Waals surface area contributed by atoms with E-state index >= 15 is 0 Å². The van der Waals surface area contributed by atoms with Gasteiger partial charge in [-0.05, 0) is 44.2 Å². The number of hydrogen-bond acceptors (Lipinski definition) is 5. The second kappa shape index (κ2) is 7.30. The molecule has 2 aliphatic rings. The molecule has 5 heteroatoms. The van der Waals surface area contributed by atoms with Gasteiger partial charge in [-0.1, -0.05) is 12.8 Å². The number of nitrogens with one attached hydrogen (secondary N) is 1. The van der Waals surface area contributed by atoms with Gasteiger partial charge in [0.2, 0.25) is 0 Å². The highest BCUT2D eigenvalue weighted by Crippen LogP contribution is 2.25. The van der Waals surface area contributed by atoms with E-state index in [0.717, 1.165) is 43.4 Å². The number of aromatic nitrogens is 1. The molecule has 2 heterocycles. The minimum absolute atomic E-state index is 0.303. The lowest BCUT2D eigenvalue weighted by molar-refractivity contribution is 0.0601. The summed E-state index contributed by atoms with van der Waals surface area (Å²) >= 11 is 0. The van der Waals surface area contributed by atoms with E-state index in [-0.39, 0.29) is 5.97 Å². The fourth-order valence-electron chi connectivity index (χ4n) is 3.76. The predicted molar refractivity (Wildman–Crippen MR) is 90.9 cm³/mol. The minimum Gasteiger partial charge on any atom is -0.465 e. The summed E-state index contributed by atoms with van der Waals surface area (Å²) < 4.78 is 4.91. The molecule has 1 aliphatic carbocycles. The summed E-state index contributed by atoms with van der Waals surface area (Å²) in [7, 11) is 1.42. The number of methoxy groups -OCH3 is 1. The molecule has 1 saturated carbocycles. The van der Waals surface area contributed by atoms with Crippen molar-refractivity contribution in [2.24, 2.45) is 0 Å². The van der Waals surface area contributed by atoms with Crippen molar-refractivity contribution in [1.82, 2.24) is 10.3 Å². The Morgan fingerprint density at radius 2 is 1.87 bits per heavy atom. The third-order valence-corrected chi connectivity index (χ3v) is 5.03. The number of hydrogen-bond donors (Lipinski definition) is 1. The summed E-state index contributed by atoms with van der Waals surface area (Å²) in [6.07, 6.45) is 9.42. The van der Waals surface area contributed by atoms with E-state index in [4.69, 9.17) is 4.74 Å². The van der Waals surface area contributed by atoms with Crippen molar-refractivity contribution in [2.45, 2.75) is 57.5 Å². The van der Waals surface area contributed by atoms with E-state index in [0.29, 0.717) is 11.6 Å². The summed E-state index contributed by atoms with van der Waals surface area (Å²) in [5.74, 6) is 0.462. The van der Waals surface area contributed by atoms with E-state index < -0.39 is 0 Å². The van der Waals surface area contributed by atoms with Gasteiger partial charge in [-0.25, -0.2) is 9.78 Å². The van der Waals surface area contributed by atoms with E-state index in [1.165, 1.54) is 32.8 Å². The summed E-state index contributed by atoms with van der Waals surface area (Å²) in [6.45, 7) is 3.82. The first-order valence-corrected chi connectivity index (χ1v) is 8.73. The number of nitrogens with zero attached hydrogens (tertiary/aromatic N) is 2. The van der Waals surface area contributed by atoms with Crippen molar-refractivity contribution in [3.05, 3.63) is 23.4 Å². The summed E-state index contributed by atoms with van der Waals surface area (Å²) in [5, 5.41) is 3.81. The standard InChI is InChI=1S/C18H27N3O2/c1-13-11-16(18(22)23-2)17(19-12-13)21-9-7-15(8-10-21)20-14-5-3-4-6-14/h11-12,14-15,20H,3-10H2,1-2H3. The highest BCUT2D eigenvalue weighted by atomic mass is 16.5. The highest BCUT2D eigenvalue weighted by molar-refractivity contribution is 5.95. The van der Waals surface area contributed by atoms with Crippen LogP contribution in [-0.4, -0.2) is 43.2 Å². The number of pyridine rings is 1. The van der Waals surface area contributed by atoms with E-state index in [2.05, 4.69) is 15.2 Å². The Hall–Kier alpha value is -1.62. The first kappa shape index (κ1) is 16.2. The van der Waals surface area contributed by atoms with Gasteiger partial charge in [0.1, 0.15) is 11.4 Å². The fourth-order valence-corrected chi connectivity index (χ4v) is 3.76. The molecule has 0 bridgehead atoms. The molecule has 1 saturated heterocycles. The molecule has 0 spiro atoms. The van der Waals surface area contributed by atoms with Gasteiger partial charge in [-0.15, -0.1) is 0 Å². The first-order chi connectivity index (χ1) is 11.2. The van der Waals surface area contributed by atoms with Gasteiger partial charge in [0, 0.05) is 31.4 Å². The molecule has 1 aromatic rings. The molecule has 0 amide bonds. The average molecular weight is 317 g/mol. The van der Waals surface area contributed by atoms with Crippen LogP contribution in [-0.2, 0) is 4.74 Å². The number of aryl methyl sites for hydroxylation is 1. The molecule has 0 atom stereocenters. The second-order valence-electron chi connectivity index (χ2n) is 6.78. The molecule has 3 rings (SSSR count). The number of esters is 1. The summed E-state index contributed by atoms with van der Waals surface area (Å²) in [6, 6.07) is 3.19. The third-order valence-electron chi connectivity index (χ3n) is 5.03. The molecular formula is C18H27N3O2. The van der Waals surface area contributed by atoms with Gasteiger partial charge in [0.15, 0.2) is 0 Å². The number of rotatable bonds is 4. The maximum Gasteiger partial charge on any atom is 0.341 e. The highest BCUT2D eigenvalue weighted by Gasteiger charge is 2.26. The molecule has 0 aromatic carbocycles. The molecule has 0 radical (unpaired) electrons. The van der Waals surface area contributed by atoms with Crippen molar-refractivity contribution in [1.29, 1.82) is 0 Å². The first-order valence-electron chi connectivity index (χ1n) is 8.73. The molecular weight excluding hydrogens is 290 g/mol. The largest absolute Gasteiger partial charge is 0.465 e. The monoisotopic (exact) mass is 317 g/mol. The van der Waals surface area contributed by atoms with Gasteiger partial charge in [-0.3, -0.25) is 0 Å². The lowest BCUT2D eigenvalue weighted by Crippen LogP contribution is -2.46. The van der Waals surface area contributed by atoms with E-state index in [9.17, 15) is 4.79 Å². The molecule has 5 nitrogen and oxygen atoms in total. The number of anilines is 1.